The fourth-order valence-electron chi connectivity index (χ4n) is 5.84. The fourth-order valence-corrected chi connectivity index (χ4v) is 6.50. The molecule has 2 saturated heterocycles. The fraction of sp³-hybridized carbons (Fsp3) is 0.419. The van der Waals surface area contributed by atoms with E-state index in [0.717, 1.165) is 24.1 Å². The molecule has 0 saturated carbocycles. The van der Waals surface area contributed by atoms with Crippen LogP contribution in [-0.4, -0.2) is 83.9 Å². The number of fused-ring (bicyclic) bond motifs is 4. The van der Waals surface area contributed by atoms with Gasteiger partial charge in [0.2, 0.25) is 5.91 Å². The highest BCUT2D eigenvalue weighted by Gasteiger charge is 2.38. The van der Waals surface area contributed by atoms with Crippen molar-refractivity contribution in [2.45, 2.75) is 50.2 Å². The molecule has 4 heterocycles. The molecule has 40 heavy (non-hydrogen) atoms. The number of amides is 2. The summed E-state index contributed by atoms with van der Waals surface area (Å²) < 4.78 is 12.5. The molecule has 2 amide bonds. The standard InChI is InChI=1S/C31H35N3O5S/c35-27-9-7-24-10-14-38-28-16-23(22-4-2-1-3-5-22)6-8-25(28)31(37)34-13-12-33(18-21-11-15-40-20-21)19-26(34)30(36)32-17-29(27)39-24/h1-6,8,11,15-16,20,24,26-27,29,35H,7,9-10,12-14,17-19H2,(H,32,36)/t24-,26-,27-,29+/m0/s1. The Morgan fingerprint density at radius 3 is 2.70 bits per heavy atom. The van der Waals surface area contributed by atoms with Crippen molar-refractivity contribution in [1.29, 1.82) is 0 Å². The minimum absolute atomic E-state index is 0.0861. The number of benzene rings is 2. The molecular formula is C31H35N3O5S. The third kappa shape index (κ3) is 5.93. The molecule has 0 unspecified atom stereocenters. The number of rotatable bonds is 3. The first-order chi connectivity index (χ1) is 19.5. The monoisotopic (exact) mass is 561 g/mol. The van der Waals surface area contributed by atoms with Gasteiger partial charge >= 0.3 is 0 Å². The molecule has 2 bridgehead atoms. The molecule has 8 nitrogen and oxygen atoms in total. The van der Waals surface area contributed by atoms with E-state index in [0.29, 0.717) is 50.4 Å². The normalized spacial score (nSPS) is 26.2. The molecule has 3 aliphatic rings. The van der Waals surface area contributed by atoms with Crippen LogP contribution in [0.2, 0.25) is 0 Å². The second-order valence-electron chi connectivity index (χ2n) is 10.8. The van der Waals surface area contributed by atoms with Gasteiger partial charge in [0.25, 0.3) is 5.91 Å². The van der Waals surface area contributed by atoms with Gasteiger partial charge in [-0.1, -0.05) is 36.4 Å². The number of nitrogens with one attached hydrogen (secondary N) is 1. The number of aliphatic hydroxyl groups excluding tert-OH is 1. The van der Waals surface area contributed by atoms with Crippen LogP contribution in [0.25, 0.3) is 11.1 Å². The summed E-state index contributed by atoms with van der Waals surface area (Å²) in [5.41, 5.74) is 3.65. The molecule has 0 spiro atoms. The Morgan fingerprint density at radius 2 is 1.88 bits per heavy atom. The average Bonchev–Trinajstić information content (AvgIpc) is 3.50. The minimum atomic E-state index is -0.680. The summed E-state index contributed by atoms with van der Waals surface area (Å²) in [5, 5.41) is 17.7. The summed E-state index contributed by atoms with van der Waals surface area (Å²) >= 11 is 1.65. The van der Waals surface area contributed by atoms with Gasteiger partial charge in [-0.25, -0.2) is 0 Å². The number of carbonyl (C=O) groups excluding carboxylic acids is 2. The maximum atomic E-state index is 14.1. The van der Waals surface area contributed by atoms with Crippen LogP contribution >= 0.6 is 11.3 Å². The summed E-state index contributed by atoms with van der Waals surface area (Å²) in [6.07, 6.45) is 0.749. The van der Waals surface area contributed by atoms with E-state index in [1.807, 2.05) is 53.9 Å². The van der Waals surface area contributed by atoms with Crippen LogP contribution in [0.1, 0.15) is 35.2 Å². The Labute approximate surface area is 238 Å². The molecule has 1 aromatic heterocycles. The lowest BCUT2D eigenvalue weighted by Gasteiger charge is -2.41. The number of aliphatic hydroxyl groups is 1. The number of thiophene rings is 1. The van der Waals surface area contributed by atoms with Gasteiger partial charge in [0.15, 0.2) is 0 Å². The second kappa shape index (κ2) is 12.1. The molecule has 2 N–H and O–H groups in total. The maximum absolute atomic E-state index is 14.1. The topological polar surface area (TPSA) is 91.3 Å². The van der Waals surface area contributed by atoms with E-state index in [-0.39, 0.29) is 24.5 Å². The van der Waals surface area contributed by atoms with Gasteiger partial charge in [-0.2, -0.15) is 11.3 Å². The Bertz CT molecular complexity index is 1320. The van der Waals surface area contributed by atoms with Gasteiger partial charge in [-0.05, 0) is 58.5 Å². The van der Waals surface area contributed by atoms with E-state index in [2.05, 4.69) is 21.7 Å². The van der Waals surface area contributed by atoms with Crippen LogP contribution in [0.3, 0.4) is 0 Å². The number of hydrogen-bond donors (Lipinski definition) is 2. The van der Waals surface area contributed by atoms with E-state index >= 15 is 0 Å². The summed E-state index contributed by atoms with van der Waals surface area (Å²) in [5.74, 6) is 0.0656. The van der Waals surface area contributed by atoms with Gasteiger partial charge in [-0.15, -0.1) is 0 Å². The zero-order chi connectivity index (χ0) is 27.5. The number of nitrogens with zero attached hydrogens (tertiary/aromatic N) is 2. The lowest BCUT2D eigenvalue weighted by molar-refractivity contribution is -0.135. The molecule has 9 heteroatoms. The van der Waals surface area contributed by atoms with Gasteiger partial charge in [0.1, 0.15) is 17.9 Å². The first-order valence-electron chi connectivity index (χ1n) is 14.0. The lowest BCUT2D eigenvalue weighted by Crippen LogP contribution is -2.61. The summed E-state index contributed by atoms with van der Waals surface area (Å²) in [7, 11) is 0. The Kier molecular flexibility index (Phi) is 8.15. The number of piperazine rings is 1. The Balaban J connectivity index is 1.33. The van der Waals surface area contributed by atoms with Crippen molar-refractivity contribution in [2.75, 3.05) is 32.8 Å². The summed E-state index contributed by atoms with van der Waals surface area (Å²) in [6.45, 7) is 2.82. The lowest BCUT2D eigenvalue weighted by atomic mass is 9.98. The molecule has 0 aliphatic carbocycles. The van der Waals surface area contributed by atoms with Crippen molar-refractivity contribution in [3.05, 3.63) is 76.5 Å². The van der Waals surface area contributed by atoms with E-state index in [1.54, 1.807) is 16.2 Å². The van der Waals surface area contributed by atoms with Crippen molar-refractivity contribution in [3.8, 4) is 16.9 Å². The first-order valence-corrected chi connectivity index (χ1v) is 15.0. The highest BCUT2D eigenvalue weighted by atomic mass is 32.1. The maximum Gasteiger partial charge on any atom is 0.258 e. The summed E-state index contributed by atoms with van der Waals surface area (Å²) in [6, 6.07) is 17.1. The van der Waals surface area contributed by atoms with Crippen molar-refractivity contribution in [2.24, 2.45) is 0 Å². The van der Waals surface area contributed by atoms with Crippen LogP contribution in [-0.2, 0) is 16.1 Å². The van der Waals surface area contributed by atoms with E-state index in [9.17, 15) is 14.7 Å². The second-order valence-corrected chi connectivity index (χ2v) is 11.6. The van der Waals surface area contributed by atoms with Gasteiger partial charge in [0, 0.05) is 39.1 Å². The molecule has 2 aromatic carbocycles. The first kappa shape index (κ1) is 27.0. The van der Waals surface area contributed by atoms with Gasteiger partial charge < -0.3 is 24.8 Å². The largest absolute Gasteiger partial charge is 0.493 e. The Hall–Kier alpha value is -3.24. The SMILES string of the molecule is O=C1NC[C@H]2O[C@H](CCOc3cc(-c4ccccc4)ccc3C(=O)N3CCN(Cc4ccsc4)C[C@@H]13)CC[C@@H]2O. The van der Waals surface area contributed by atoms with E-state index < -0.39 is 18.2 Å². The molecule has 3 aromatic rings. The summed E-state index contributed by atoms with van der Waals surface area (Å²) in [4.78, 5) is 31.6. The highest BCUT2D eigenvalue weighted by Crippen LogP contribution is 2.31. The molecule has 0 radical (unpaired) electrons. The molecular weight excluding hydrogens is 526 g/mol. The minimum Gasteiger partial charge on any atom is -0.493 e. The molecule has 2 fully saturated rings. The van der Waals surface area contributed by atoms with Crippen molar-refractivity contribution in [1.82, 2.24) is 15.1 Å². The van der Waals surface area contributed by atoms with Crippen LogP contribution in [0, 0.1) is 0 Å². The zero-order valence-electron chi connectivity index (χ0n) is 22.4. The number of carbonyl (C=O) groups is 2. The number of hydrogen-bond acceptors (Lipinski definition) is 7. The molecule has 210 valence electrons. The van der Waals surface area contributed by atoms with E-state index in [4.69, 9.17) is 9.47 Å². The smallest absolute Gasteiger partial charge is 0.258 e. The Morgan fingerprint density at radius 1 is 1.00 bits per heavy atom. The predicted octanol–water partition coefficient (Wildman–Crippen LogP) is 3.55. The predicted molar refractivity (Wildman–Crippen MR) is 153 cm³/mol. The van der Waals surface area contributed by atoms with Crippen molar-refractivity contribution < 1.29 is 24.2 Å². The van der Waals surface area contributed by atoms with Crippen LogP contribution in [0.4, 0.5) is 0 Å². The quantitative estimate of drug-likeness (QED) is 0.509. The van der Waals surface area contributed by atoms with E-state index in [1.165, 1.54) is 5.56 Å². The number of ether oxygens (including phenoxy) is 2. The highest BCUT2D eigenvalue weighted by molar-refractivity contribution is 7.07. The average molecular weight is 562 g/mol. The van der Waals surface area contributed by atoms with Crippen LogP contribution < -0.4 is 10.1 Å². The molecule has 3 aliphatic heterocycles. The third-order valence-electron chi connectivity index (χ3n) is 8.09. The molecule has 6 rings (SSSR count). The third-order valence-corrected chi connectivity index (χ3v) is 8.82. The van der Waals surface area contributed by atoms with Crippen LogP contribution in [0.15, 0.2) is 65.4 Å². The molecule has 4 atom stereocenters. The van der Waals surface area contributed by atoms with Crippen LogP contribution in [0.5, 0.6) is 5.75 Å². The van der Waals surface area contributed by atoms with Crippen molar-refractivity contribution in [3.63, 3.8) is 0 Å². The van der Waals surface area contributed by atoms with Gasteiger partial charge in [-0.3, -0.25) is 14.5 Å². The zero-order valence-corrected chi connectivity index (χ0v) is 23.2. The van der Waals surface area contributed by atoms with Gasteiger partial charge in [0.05, 0.1) is 24.4 Å². The van der Waals surface area contributed by atoms with Crippen molar-refractivity contribution >= 4 is 23.2 Å².